The Hall–Kier alpha value is -4.06. The van der Waals surface area contributed by atoms with Crippen molar-refractivity contribution in [1.29, 1.82) is 0 Å². The average Bonchev–Trinajstić information content (AvgIpc) is 3.34. The van der Waals surface area contributed by atoms with Crippen molar-refractivity contribution >= 4 is 11.8 Å². The molecule has 4 rings (SSSR count). The summed E-state index contributed by atoms with van der Waals surface area (Å²) >= 11 is 0. The van der Waals surface area contributed by atoms with Gasteiger partial charge in [0.25, 0.3) is 5.91 Å². The molecule has 0 radical (unpaired) electrons. The third-order valence-electron chi connectivity index (χ3n) is 6.17. The molecule has 1 saturated heterocycles. The average molecular weight is 532 g/mol. The third kappa shape index (κ3) is 7.03. The van der Waals surface area contributed by atoms with Gasteiger partial charge in [0.05, 0.1) is 24.7 Å². The number of primary amides is 1. The number of amides is 2. The van der Waals surface area contributed by atoms with Gasteiger partial charge in [-0.15, -0.1) is 13.2 Å². The van der Waals surface area contributed by atoms with Crippen molar-refractivity contribution in [3.8, 4) is 22.6 Å². The van der Waals surface area contributed by atoms with Crippen molar-refractivity contribution in [3.63, 3.8) is 0 Å². The maximum Gasteiger partial charge on any atom is 0.573 e. The zero-order valence-corrected chi connectivity index (χ0v) is 20.5. The second-order valence-corrected chi connectivity index (χ2v) is 8.92. The fourth-order valence-electron chi connectivity index (χ4n) is 4.27. The highest BCUT2D eigenvalue weighted by atomic mass is 19.4. The fraction of sp³-hybridized carbons (Fsp3) is 0.346. The molecule has 38 heavy (non-hydrogen) atoms. The van der Waals surface area contributed by atoms with Gasteiger partial charge in [-0.25, -0.2) is 0 Å². The van der Waals surface area contributed by atoms with Crippen molar-refractivity contribution in [3.05, 3.63) is 66.0 Å². The number of hydrogen-bond acceptors (Lipinski definition) is 6. The predicted molar refractivity (Wildman–Crippen MR) is 132 cm³/mol. The summed E-state index contributed by atoms with van der Waals surface area (Å²) in [6.07, 6.45) is -0.287. The Morgan fingerprint density at radius 1 is 1.05 bits per heavy atom. The molecule has 1 aliphatic rings. The molecule has 9 nitrogen and oxygen atoms in total. The fourth-order valence-corrected chi connectivity index (χ4v) is 4.27. The molecule has 0 unspecified atom stereocenters. The molecule has 0 spiro atoms. The summed E-state index contributed by atoms with van der Waals surface area (Å²) in [4.78, 5) is 26.5. The number of rotatable bonds is 9. The number of alkyl halides is 3. The van der Waals surface area contributed by atoms with Crippen LogP contribution in [-0.2, 0) is 17.8 Å². The SMILES string of the molecule is NCCn1cc(-c2ccc(OC3CCN(C(=O)Cc4ccc(OC(F)(F)F)cc4)CC3)c(C(N)=O)c2)cn1. The number of benzene rings is 2. The number of likely N-dealkylation sites (tertiary alicyclic amines) is 1. The van der Waals surface area contributed by atoms with E-state index in [0.717, 1.165) is 11.1 Å². The zero-order chi connectivity index (χ0) is 27.3. The van der Waals surface area contributed by atoms with E-state index in [1.165, 1.54) is 24.3 Å². The van der Waals surface area contributed by atoms with Crippen LogP contribution in [-0.4, -0.2) is 58.6 Å². The summed E-state index contributed by atoms with van der Waals surface area (Å²) in [5, 5.41) is 4.25. The van der Waals surface area contributed by atoms with Gasteiger partial charge in [0.15, 0.2) is 0 Å². The quantitative estimate of drug-likeness (QED) is 0.437. The summed E-state index contributed by atoms with van der Waals surface area (Å²) < 4.78 is 48.6. The number of carbonyl (C=O) groups is 2. The van der Waals surface area contributed by atoms with E-state index in [9.17, 15) is 22.8 Å². The lowest BCUT2D eigenvalue weighted by atomic mass is 10.0. The molecule has 0 bridgehead atoms. The van der Waals surface area contributed by atoms with Crippen LogP contribution in [0.3, 0.4) is 0 Å². The van der Waals surface area contributed by atoms with E-state index in [2.05, 4.69) is 9.84 Å². The minimum Gasteiger partial charge on any atom is -0.489 e. The molecule has 0 saturated carbocycles. The topological polar surface area (TPSA) is 126 Å². The Bertz CT molecular complexity index is 1270. The van der Waals surface area contributed by atoms with Crippen LogP contribution < -0.4 is 20.9 Å². The maximum absolute atomic E-state index is 12.7. The summed E-state index contributed by atoms with van der Waals surface area (Å²) in [7, 11) is 0. The first-order valence-electron chi connectivity index (χ1n) is 12.1. The highest BCUT2D eigenvalue weighted by Crippen LogP contribution is 2.29. The van der Waals surface area contributed by atoms with E-state index < -0.39 is 12.3 Å². The number of halogens is 3. The van der Waals surface area contributed by atoms with Gasteiger partial charge in [-0.2, -0.15) is 5.10 Å². The van der Waals surface area contributed by atoms with Crippen molar-refractivity contribution in [2.24, 2.45) is 11.5 Å². The molecule has 2 heterocycles. The second-order valence-electron chi connectivity index (χ2n) is 8.92. The van der Waals surface area contributed by atoms with Crippen molar-refractivity contribution < 1.29 is 32.2 Å². The molecular formula is C26H28F3N5O4. The van der Waals surface area contributed by atoms with Crippen LogP contribution in [0.15, 0.2) is 54.9 Å². The third-order valence-corrected chi connectivity index (χ3v) is 6.17. The van der Waals surface area contributed by atoms with Crippen LogP contribution in [0.5, 0.6) is 11.5 Å². The molecular weight excluding hydrogens is 503 g/mol. The van der Waals surface area contributed by atoms with Crippen LogP contribution in [0, 0.1) is 0 Å². The molecule has 12 heteroatoms. The Morgan fingerprint density at radius 2 is 1.76 bits per heavy atom. The van der Waals surface area contributed by atoms with Crippen molar-refractivity contribution in [2.45, 2.75) is 38.3 Å². The van der Waals surface area contributed by atoms with Gasteiger partial charge in [-0.1, -0.05) is 18.2 Å². The lowest BCUT2D eigenvalue weighted by molar-refractivity contribution is -0.274. The first-order chi connectivity index (χ1) is 18.1. The van der Waals surface area contributed by atoms with E-state index in [0.29, 0.717) is 50.3 Å². The Morgan fingerprint density at radius 3 is 2.39 bits per heavy atom. The minimum absolute atomic E-state index is 0.0625. The van der Waals surface area contributed by atoms with Crippen molar-refractivity contribution in [1.82, 2.24) is 14.7 Å². The molecule has 0 atom stereocenters. The van der Waals surface area contributed by atoms with Gasteiger partial charge in [0.2, 0.25) is 5.91 Å². The Labute approximate surface area is 217 Å². The lowest BCUT2D eigenvalue weighted by Crippen LogP contribution is -2.42. The molecule has 4 N–H and O–H groups in total. The molecule has 1 fully saturated rings. The van der Waals surface area contributed by atoms with Gasteiger partial charge in [0, 0.05) is 44.2 Å². The van der Waals surface area contributed by atoms with E-state index >= 15 is 0 Å². The molecule has 0 aliphatic carbocycles. The summed E-state index contributed by atoms with van der Waals surface area (Å²) in [6.45, 7) is 1.93. The van der Waals surface area contributed by atoms with Gasteiger partial charge < -0.3 is 25.8 Å². The number of aromatic nitrogens is 2. The first-order valence-corrected chi connectivity index (χ1v) is 12.1. The summed E-state index contributed by atoms with van der Waals surface area (Å²) in [5.41, 5.74) is 13.6. The normalized spacial score (nSPS) is 14.4. The summed E-state index contributed by atoms with van der Waals surface area (Å²) in [6, 6.07) is 10.5. The number of carbonyl (C=O) groups excluding carboxylic acids is 2. The zero-order valence-electron chi connectivity index (χ0n) is 20.5. The standard InChI is InChI=1S/C26H28F3N5O4/c27-26(28,29)38-21-4-1-17(2-5-21)13-24(35)33-10-7-20(8-11-33)37-23-6-3-18(14-22(23)25(31)36)19-15-32-34(16-19)12-9-30/h1-6,14-16,20H,7-13,30H2,(H2,31,36). The van der Waals surface area contributed by atoms with Crippen molar-refractivity contribution in [2.75, 3.05) is 19.6 Å². The molecule has 1 aromatic heterocycles. The van der Waals surface area contributed by atoms with E-state index in [-0.39, 0.29) is 29.7 Å². The van der Waals surface area contributed by atoms with Crippen LogP contribution in [0.25, 0.3) is 11.1 Å². The molecule has 202 valence electrons. The van der Waals surface area contributed by atoms with Gasteiger partial charge in [-0.05, 0) is 35.4 Å². The lowest BCUT2D eigenvalue weighted by Gasteiger charge is -2.32. The van der Waals surface area contributed by atoms with E-state index in [1.807, 2.05) is 12.3 Å². The predicted octanol–water partition coefficient (Wildman–Crippen LogP) is 3.12. The van der Waals surface area contributed by atoms with Crippen LogP contribution in [0.4, 0.5) is 13.2 Å². The summed E-state index contributed by atoms with van der Waals surface area (Å²) in [5.74, 6) is -0.709. The maximum atomic E-state index is 12.7. The number of nitrogens with zero attached hydrogens (tertiary/aromatic N) is 3. The molecule has 1 aliphatic heterocycles. The second kappa shape index (κ2) is 11.5. The smallest absolute Gasteiger partial charge is 0.489 e. The number of piperidine rings is 1. The Kier molecular flexibility index (Phi) is 8.20. The minimum atomic E-state index is -4.77. The molecule has 2 aromatic carbocycles. The highest BCUT2D eigenvalue weighted by molar-refractivity contribution is 5.97. The van der Waals surface area contributed by atoms with Crippen LogP contribution >= 0.6 is 0 Å². The first kappa shape index (κ1) is 27.0. The van der Waals surface area contributed by atoms with E-state index in [4.69, 9.17) is 16.2 Å². The Balaban J connectivity index is 1.33. The van der Waals surface area contributed by atoms with Crippen LogP contribution in [0.2, 0.25) is 0 Å². The number of hydrogen-bond donors (Lipinski definition) is 2. The molecule has 3 aromatic rings. The van der Waals surface area contributed by atoms with Crippen LogP contribution in [0.1, 0.15) is 28.8 Å². The monoisotopic (exact) mass is 531 g/mol. The molecule has 2 amide bonds. The highest BCUT2D eigenvalue weighted by Gasteiger charge is 2.31. The van der Waals surface area contributed by atoms with E-state index in [1.54, 1.807) is 27.9 Å². The van der Waals surface area contributed by atoms with Gasteiger partial charge >= 0.3 is 6.36 Å². The number of nitrogens with two attached hydrogens (primary N) is 2. The van der Waals surface area contributed by atoms with Gasteiger partial charge in [-0.3, -0.25) is 14.3 Å². The number of ether oxygens (including phenoxy) is 2. The largest absolute Gasteiger partial charge is 0.573 e. The van der Waals surface area contributed by atoms with Gasteiger partial charge in [0.1, 0.15) is 17.6 Å².